The van der Waals surface area contributed by atoms with E-state index in [1.54, 1.807) is 17.6 Å². The van der Waals surface area contributed by atoms with Crippen molar-refractivity contribution in [1.82, 2.24) is 5.48 Å². The molecule has 5 rings (SSSR count). The van der Waals surface area contributed by atoms with Crippen molar-refractivity contribution in [3.63, 3.8) is 0 Å². The summed E-state index contributed by atoms with van der Waals surface area (Å²) >= 11 is 0. The smallest absolute Gasteiger partial charge is 0.274 e. The van der Waals surface area contributed by atoms with E-state index in [0.717, 1.165) is 33.0 Å². The summed E-state index contributed by atoms with van der Waals surface area (Å²) in [6.07, 6.45) is 0. The fourth-order valence-corrected chi connectivity index (χ4v) is 3.96. The Morgan fingerprint density at radius 2 is 1.35 bits per heavy atom. The van der Waals surface area contributed by atoms with Gasteiger partial charge in [-0.15, -0.1) is 0 Å². The lowest BCUT2D eigenvalue weighted by Gasteiger charge is -2.24. The predicted molar refractivity (Wildman–Crippen MR) is 117 cm³/mol. The number of rotatable bonds is 4. The highest BCUT2D eigenvalue weighted by Gasteiger charge is 2.36. The Morgan fingerprint density at radius 3 is 2.03 bits per heavy atom. The molecule has 5 nitrogen and oxygen atoms in total. The van der Waals surface area contributed by atoms with Crippen LogP contribution in [0, 0.1) is 0 Å². The van der Waals surface area contributed by atoms with Crippen molar-refractivity contribution in [2.24, 2.45) is 9.98 Å². The number of amides is 1. The first-order valence-corrected chi connectivity index (χ1v) is 9.96. The summed E-state index contributed by atoms with van der Waals surface area (Å²) in [7, 11) is 0. The Hall–Kier alpha value is -4.09. The van der Waals surface area contributed by atoms with Crippen molar-refractivity contribution < 1.29 is 10.0 Å². The molecule has 1 aliphatic heterocycles. The molecular weight excluding hydrogens is 386 g/mol. The Kier molecular flexibility index (Phi) is 4.65. The molecule has 5 heteroatoms. The van der Waals surface area contributed by atoms with Gasteiger partial charge in [0.2, 0.25) is 5.66 Å². The second-order valence-electron chi connectivity index (χ2n) is 7.32. The molecule has 0 bridgehead atoms. The molecule has 0 radical (unpaired) electrons. The molecule has 0 saturated heterocycles. The highest BCUT2D eigenvalue weighted by molar-refractivity contribution is 5.93. The molecule has 0 aliphatic carbocycles. The quantitative estimate of drug-likeness (QED) is 0.402. The van der Waals surface area contributed by atoms with Gasteiger partial charge in [0, 0.05) is 22.3 Å². The van der Waals surface area contributed by atoms with Gasteiger partial charge >= 0.3 is 0 Å². The highest BCUT2D eigenvalue weighted by Crippen LogP contribution is 2.36. The van der Waals surface area contributed by atoms with E-state index in [4.69, 9.17) is 15.2 Å². The fraction of sp³-hybridized carbons (Fsp3) is 0.0385. The lowest BCUT2D eigenvalue weighted by atomic mass is 9.91. The minimum atomic E-state index is -0.956. The third-order valence-electron chi connectivity index (χ3n) is 5.48. The number of hydrogen-bond acceptors (Lipinski definition) is 4. The number of carbonyl (C=O) groups is 1. The number of carbonyl (C=O) groups excluding carboxylic acids is 1. The summed E-state index contributed by atoms with van der Waals surface area (Å²) in [5, 5.41) is 10.6. The average molecular weight is 405 g/mol. The largest absolute Gasteiger partial charge is 0.288 e. The number of nitrogens with zero attached hydrogens (tertiary/aromatic N) is 2. The molecule has 1 amide bonds. The van der Waals surface area contributed by atoms with Crippen molar-refractivity contribution in [3.8, 4) is 11.1 Å². The van der Waals surface area contributed by atoms with Crippen molar-refractivity contribution >= 4 is 5.91 Å². The van der Waals surface area contributed by atoms with E-state index in [-0.39, 0.29) is 0 Å². The van der Waals surface area contributed by atoms with Crippen molar-refractivity contribution in [2.45, 2.75) is 5.66 Å². The van der Waals surface area contributed by atoms with E-state index < -0.39 is 11.6 Å². The molecule has 1 aliphatic rings. The van der Waals surface area contributed by atoms with E-state index >= 15 is 0 Å². The lowest BCUT2D eigenvalue weighted by Crippen LogP contribution is -2.23. The summed E-state index contributed by atoms with van der Waals surface area (Å²) in [4.78, 5) is 22.0. The average Bonchev–Trinajstić information content (AvgIpc) is 3.26. The van der Waals surface area contributed by atoms with Crippen molar-refractivity contribution in [3.05, 3.63) is 131 Å². The Morgan fingerprint density at radius 1 is 0.710 bits per heavy atom. The van der Waals surface area contributed by atoms with Crippen LogP contribution in [-0.4, -0.2) is 11.1 Å². The van der Waals surface area contributed by atoms with E-state index in [1.807, 2.05) is 72.8 Å². The SMILES string of the molecule is O=C(NO)c1ccc(C2(c3ccccc3)N=c3cccc(-c4ccccc4)c3=N2)cc1. The van der Waals surface area contributed by atoms with E-state index in [0.29, 0.717) is 5.56 Å². The molecule has 2 N–H and O–H groups in total. The minimum absolute atomic E-state index is 0.356. The molecule has 1 heterocycles. The molecule has 4 aromatic rings. The maximum absolute atomic E-state index is 11.8. The maximum atomic E-state index is 11.8. The van der Waals surface area contributed by atoms with Crippen LogP contribution in [-0.2, 0) is 5.66 Å². The maximum Gasteiger partial charge on any atom is 0.274 e. The first kappa shape index (κ1) is 18.9. The monoisotopic (exact) mass is 405 g/mol. The summed E-state index contributed by atoms with van der Waals surface area (Å²) in [6.45, 7) is 0. The van der Waals surface area contributed by atoms with Crippen LogP contribution in [0.5, 0.6) is 0 Å². The summed E-state index contributed by atoms with van der Waals surface area (Å²) in [5.41, 5.74) is 4.94. The third-order valence-corrected chi connectivity index (χ3v) is 5.48. The fourth-order valence-electron chi connectivity index (χ4n) is 3.96. The van der Waals surface area contributed by atoms with E-state index in [9.17, 15) is 4.79 Å². The lowest BCUT2D eigenvalue weighted by molar-refractivity contribution is 0.0706. The van der Waals surface area contributed by atoms with E-state index in [2.05, 4.69) is 18.2 Å². The number of nitrogens with one attached hydrogen (secondary N) is 1. The first-order valence-electron chi connectivity index (χ1n) is 9.96. The summed E-state index contributed by atoms with van der Waals surface area (Å²) in [5.74, 6) is -0.560. The minimum Gasteiger partial charge on any atom is -0.288 e. The standard InChI is InChI=1S/C26H19N3O2/c30-25(29-31)19-14-16-21(17-15-19)26(20-10-5-2-6-11-20)27-23-13-7-12-22(24(23)28-26)18-8-3-1-4-9-18/h1-17,31H,(H,29,30). The Labute approximate surface area is 179 Å². The molecule has 1 atom stereocenters. The molecule has 1 unspecified atom stereocenters. The normalized spacial score (nSPS) is 16.7. The second-order valence-corrected chi connectivity index (χ2v) is 7.32. The molecule has 0 aromatic heterocycles. The number of hydrogen-bond donors (Lipinski definition) is 2. The van der Waals surface area contributed by atoms with Crippen LogP contribution in [0.3, 0.4) is 0 Å². The zero-order chi connectivity index (χ0) is 21.3. The predicted octanol–water partition coefficient (Wildman–Crippen LogP) is 3.63. The molecule has 0 saturated carbocycles. The number of hydroxylamine groups is 1. The van der Waals surface area contributed by atoms with Gasteiger partial charge < -0.3 is 0 Å². The van der Waals surface area contributed by atoms with Crippen LogP contribution in [0.2, 0.25) is 0 Å². The van der Waals surface area contributed by atoms with Gasteiger partial charge in [-0.1, -0.05) is 84.9 Å². The number of benzene rings is 4. The number of fused-ring (bicyclic) bond motifs is 1. The van der Waals surface area contributed by atoms with Crippen LogP contribution in [0.4, 0.5) is 0 Å². The van der Waals surface area contributed by atoms with Crippen LogP contribution in [0.15, 0.2) is 113 Å². The molecular formula is C26H19N3O2. The van der Waals surface area contributed by atoms with Gasteiger partial charge in [-0.05, 0) is 23.8 Å². The zero-order valence-corrected chi connectivity index (χ0v) is 16.6. The zero-order valence-electron chi connectivity index (χ0n) is 16.6. The van der Waals surface area contributed by atoms with Gasteiger partial charge in [0.15, 0.2) is 0 Å². The first-order chi connectivity index (χ1) is 15.2. The van der Waals surface area contributed by atoms with Crippen LogP contribution in [0.25, 0.3) is 11.1 Å². The molecule has 31 heavy (non-hydrogen) atoms. The summed E-state index contributed by atoms with van der Waals surface area (Å²) < 4.78 is 0. The molecule has 150 valence electrons. The highest BCUT2D eigenvalue weighted by atomic mass is 16.5. The molecule has 4 aromatic carbocycles. The van der Waals surface area contributed by atoms with Crippen molar-refractivity contribution in [1.29, 1.82) is 0 Å². The molecule has 0 spiro atoms. The number of para-hydroxylation sites is 1. The topological polar surface area (TPSA) is 74.0 Å². The van der Waals surface area contributed by atoms with E-state index in [1.165, 1.54) is 0 Å². The van der Waals surface area contributed by atoms with Gasteiger partial charge in [-0.3, -0.25) is 10.0 Å². The van der Waals surface area contributed by atoms with Gasteiger partial charge in [-0.2, -0.15) is 0 Å². The van der Waals surface area contributed by atoms with Gasteiger partial charge in [0.05, 0.1) is 10.7 Å². The van der Waals surface area contributed by atoms with Gasteiger partial charge in [0.1, 0.15) is 0 Å². The van der Waals surface area contributed by atoms with Crippen LogP contribution in [0.1, 0.15) is 21.5 Å². The Bertz CT molecular complexity index is 1370. The van der Waals surface area contributed by atoms with Gasteiger partial charge in [-0.25, -0.2) is 15.5 Å². The van der Waals surface area contributed by atoms with Crippen molar-refractivity contribution in [2.75, 3.05) is 0 Å². The second kappa shape index (κ2) is 7.63. The summed E-state index contributed by atoms with van der Waals surface area (Å²) in [6, 6.07) is 33.1. The third kappa shape index (κ3) is 3.21. The molecule has 0 fully saturated rings. The van der Waals surface area contributed by atoms with Gasteiger partial charge in [0.25, 0.3) is 5.91 Å². The van der Waals surface area contributed by atoms with Crippen LogP contribution >= 0.6 is 0 Å². The Balaban J connectivity index is 1.75. The van der Waals surface area contributed by atoms with Crippen LogP contribution < -0.4 is 16.2 Å².